The number of halogens is 1. The number of ether oxygens (including phenoxy) is 1. The normalized spacial score (nSPS) is 10.2. The number of thiophene rings is 1. The van der Waals surface area contributed by atoms with E-state index in [-0.39, 0.29) is 5.78 Å². The Morgan fingerprint density at radius 3 is 2.82 bits per heavy atom. The summed E-state index contributed by atoms with van der Waals surface area (Å²) >= 11 is 7.67. The zero-order chi connectivity index (χ0) is 12.3. The highest BCUT2D eigenvalue weighted by atomic mass is 35.5. The van der Waals surface area contributed by atoms with E-state index in [1.54, 1.807) is 29.5 Å². The molecular formula is C13H11ClO2S. The number of carbonyl (C=O) groups excluding carboxylic acids is 1. The molecule has 0 fully saturated rings. The highest BCUT2D eigenvalue weighted by Gasteiger charge is 2.06. The van der Waals surface area contributed by atoms with Crippen molar-refractivity contribution < 1.29 is 9.53 Å². The smallest absolute Gasteiger partial charge is 0.159 e. The summed E-state index contributed by atoms with van der Waals surface area (Å²) in [5.74, 6) is 0.596. The van der Waals surface area contributed by atoms with Gasteiger partial charge < -0.3 is 4.74 Å². The van der Waals surface area contributed by atoms with Gasteiger partial charge in [-0.3, -0.25) is 4.79 Å². The quantitative estimate of drug-likeness (QED) is 0.776. The maximum absolute atomic E-state index is 11.2. The first-order chi connectivity index (χ1) is 8.16. The van der Waals surface area contributed by atoms with Gasteiger partial charge in [-0.2, -0.15) is 11.3 Å². The molecule has 0 saturated carbocycles. The average Bonchev–Trinajstić information content (AvgIpc) is 2.80. The van der Waals surface area contributed by atoms with E-state index in [9.17, 15) is 4.79 Å². The van der Waals surface area contributed by atoms with Crippen LogP contribution in [0.3, 0.4) is 0 Å². The first-order valence-corrected chi connectivity index (χ1v) is 6.43. The molecule has 2 nitrogen and oxygen atoms in total. The van der Waals surface area contributed by atoms with Gasteiger partial charge >= 0.3 is 0 Å². The van der Waals surface area contributed by atoms with Crippen LogP contribution < -0.4 is 4.74 Å². The zero-order valence-corrected chi connectivity index (χ0v) is 10.8. The lowest BCUT2D eigenvalue weighted by molar-refractivity contribution is 0.101. The van der Waals surface area contributed by atoms with Crippen LogP contribution in [-0.4, -0.2) is 5.78 Å². The number of ketones is 1. The molecule has 0 spiro atoms. The number of benzene rings is 1. The van der Waals surface area contributed by atoms with Gasteiger partial charge in [0.25, 0.3) is 0 Å². The predicted molar refractivity (Wildman–Crippen MR) is 70.1 cm³/mol. The summed E-state index contributed by atoms with van der Waals surface area (Å²) in [6.45, 7) is 2.00. The van der Waals surface area contributed by atoms with Crippen LogP contribution in [0.25, 0.3) is 0 Å². The van der Waals surface area contributed by atoms with Gasteiger partial charge in [0.2, 0.25) is 0 Å². The minimum absolute atomic E-state index is 0.00344. The molecule has 0 saturated heterocycles. The van der Waals surface area contributed by atoms with Gasteiger partial charge in [0.15, 0.2) is 5.78 Å². The molecule has 0 aliphatic heterocycles. The van der Waals surface area contributed by atoms with Crippen molar-refractivity contribution in [3.63, 3.8) is 0 Å². The third-order valence-corrected chi connectivity index (χ3v) is 3.34. The van der Waals surface area contributed by atoms with E-state index in [0.29, 0.717) is 22.9 Å². The number of hydrogen-bond donors (Lipinski definition) is 0. The fourth-order valence-electron chi connectivity index (χ4n) is 1.37. The SMILES string of the molecule is CC(=O)c1ccc(OCc2ccsc2)c(Cl)c1. The van der Waals surface area contributed by atoms with Crippen LogP contribution in [0.15, 0.2) is 35.0 Å². The van der Waals surface area contributed by atoms with Crippen molar-refractivity contribution in [2.24, 2.45) is 0 Å². The minimum atomic E-state index is -0.00344. The molecule has 0 atom stereocenters. The first kappa shape index (κ1) is 12.1. The van der Waals surface area contributed by atoms with E-state index in [4.69, 9.17) is 16.3 Å². The second kappa shape index (κ2) is 5.34. The van der Waals surface area contributed by atoms with Gasteiger partial charge in [-0.25, -0.2) is 0 Å². The highest BCUT2D eigenvalue weighted by Crippen LogP contribution is 2.26. The third kappa shape index (κ3) is 3.08. The van der Waals surface area contributed by atoms with Crippen LogP contribution in [0.5, 0.6) is 5.75 Å². The topological polar surface area (TPSA) is 26.3 Å². The summed E-state index contributed by atoms with van der Waals surface area (Å²) in [6.07, 6.45) is 0. The second-order valence-corrected chi connectivity index (χ2v) is 4.81. The van der Waals surface area contributed by atoms with Crippen molar-refractivity contribution in [2.75, 3.05) is 0 Å². The molecule has 4 heteroatoms. The molecule has 0 radical (unpaired) electrons. The number of carbonyl (C=O) groups is 1. The van der Waals surface area contributed by atoms with Crippen LogP contribution in [0.4, 0.5) is 0 Å². The lowest BCUT2D eigenvalue weighted by atomic mass is 10.1. The van der Waals surface area contributed by atoms with Gasteiger partial charge in [0.05, 0.1) is 5.02 Å². The Hall–Kier alpha value is -1.32. The molecule has 88 valence electrons. The Balaban J connectivity index is 2.09. The minimum Gasteiger partial charge on any atom is -0.487 e. The Kier molecular flexibility index (Phi) is 3.82. The van der Waals surface area contributed by atoms with Crippen molar-refractivity contribution in [1.29, 1.82) is 0 Å². The van der Waals surface area contributed by atoms with Gasteiger partial charge in [-0.1, -0.05) is 11.6 Å². The fraction of sp³-hybridized carbons (Fsp3) is 0.154. The van der Waals surface area contributed by atoms with E-state index < -0.39 is 0 Å². The van der Waals surface area contributed by atoms with Gasteiger partial charge in [-0.05, 0) is 47.5 Å². The standard InChI is InChI=1S/C13H11ClO2S/c1-9(15)11-2-3-13(12(14)6-11)16-7-10-4-5-17-8-10/h2-6,8H,7H2,1H3. The van der Waals surface area contributed by atoms with Crippen LogP contribution in [0, 0.1) is 0 Å². The van der Waals surface area contributed by atoms with Crippen LogP contribution in [-0.2, 0) is 6.61 Å². The largest absolute Gasteiger partial charge is 0.487 e. The Bertz CT molecular complexity index is 520. The van der Waals surface area contributed by atoms with Crippen LogP contribution in [0.1, 0.15) is 22.8 Å². The third-order valence-electron chi connectivity index (χ3n) is 2.31. The van der Waals surface area contributed by atoms with E-state index in [0.717, 1.165) is 5.56 Å². The fourth-order valence-corrected chi connectivity index (χ4v) is 2.26. The Morgan fingerprint density at radius 2 is 2.24 bits per heavy atom. The van der Waals surface area contributed by atoms with Crippen molar-refractivity contribution in [2.45, 2.75) is 13.5 Å². The molecule has 2 rings (SSSR count). The predicted octanol–water partition coefficient (Wildman–Crippen LogP) is 4.18. The lowest BCUT2D eigenvalue weighted by Crippen LogP contribution is -1.96. The number of rotatable bonds is 4. The molecular weight excluding hydrogens is 256 g/mol. The van der Waals surface area contributed by atoms with Gasteiger partial charge in [0.1, 0.15) is 12.4 Å². The van der Waals surface area contributed by atoms with E-state index in [1.807, 2.05) is 16.8 Å². The van der Waals surface area contributed by atoms with Crippen LogP contribution in [0.2, 0.25) is 5.02 Å². The molecule has 0 amide bonds. The summed E-state index contributed by atoms with van der Waals surface area (Å²) in [5.41, 5.74) is 1.71. The van der Waals surface area contributed by atoms with Crippen molar-refractivity contribution in [3.05, 3.63) is 51.2 Å². The van der Waals surface area contributed by atoms with E-state index in [2.05, 4.69) is 0 Å². The Labute approximate surface area is 109 Å². The molecule has 0 bridgehead atoms. The number of hydrogen-bond acceptors (Lipinski definition) is 3. The highest BCUT2D eigenvalue weighted by molar-refractivity contribution is 7.07. The summed E-state index contributed by atoms with van der Waals surface area (Å²) in [5, 5.41) is 4.49. The van der Waals surface area contributed by atoms with E-state index >= 15 is 0 Å². The van der Waals surface area contributed by atoms with Gasteiger partial charge in [-0.15, -0.1) is 0 Å². The molecule has 0 N–H and O–H groups in total. The first-order valence-electron chi connectivity index (χ1n) is 5.11. The summed E-state index contributed by atoms with van der Waals surface area (Å²) < 4.78 is 5.58. The van der Waals surface area contributed by atoms with Crippen molar-refractivity contribution in [1.82, 2.24) is 0 Å². The molecule has 17 heavy (non-hydrogen) atoms. The summed E-state index contributed by atoms with van der Waals surface area (Å²) in [6, 6.07) is 7.08. The average molecular weight is 267 g/mol. The summed E-state index contributed by atoms with van der Waals surface area (Å²) in [4.78, 5) is 11.2. The molecule has 2 aromatic rings. The Morgan fingerprint density at radius 1 is 1.41 bits per heavy atom. The molecule has 1 aromatic heterocycles. The summed E-state index contributed by atoms with van der Waals surface area (Å²) in [7, 11) is 0. The van der Waals surface area contributed by atoms with Crippen LogP contribution >= 0.6 is 22.9 Å². The van der Waals surface area contributed by atoms with E-state index in [1.165, 1.54) is 6.92 Å². The van der Waals surface area contributed by atoms with Crippen molar-refractivity contribution in [3.8, 4) is 5.75 Å². The molecule has 0 unspecified atom stereocenters. The maximum Gasteiger partial charge on any atom is 0.159 e. The molecule has 0 aliphatic carbocycles. The second-order valence-electron chi connectivity index (χ2n) is 3.62. The lowest BCUT2D eigenvalue weighted by Gasteiger charge is -2.07. The molecule has 1 aromatic carbocycles. The molecule has 1 heterocycles. The molecule has 0 aliphatic rings. The number of Topliss-reactive ketones (excluding diaryl/α,β-unsaturated/α-hetero) is 1. The maximum atomic E-state index is 11.2. The monoisotopic (exact) mass is 266 g/mol. The zero-order valence-electron chi connectivity index (χ0n) is 9.27. The van der Waals surface area contributed by atoms with Gasteiger partial charge in [0, 0.05) is 5.56 Å². The van der Waals surface area contributed by atoms with Crippen molar-refractivity contribution >= 4 is 28.7 Å².